The number of nitrogens with one attached hydrogen (secondary N) is 1. The molecular formula is C23H37NO2S. The molecule has 1 rings (SSSR count). The summed E-state index contributed by atoms with van der Waals surface area (Å²) in [6.07, 6.45) is 15.9. The molecule has 0 saturated carbocycles. The van der Waals surface area contributed by atoms with Crippen molar-refractivity contribution in [3.63, 3.8) is 0 Å². The predicted molar refractivity (Wildman–Crippen MR) is 116 cm³/mol. The second-order valence-corrected chi connectivity index (χ2v) is 9.06. The number of benzene rings is 1. The molecular weight excluding hydrogens is 354 g/mol. The highest BCUT2D eigenvalue weighted by Crippen LogP contribution is 2.13. The van der Waals surface area contributed by atoms with Gasteiger partial charge in [-0.2, -0.15) is 0 Å². The first-order valence-electron chi connectivity index (χ1n) is 10.3. The number of hydrogen-bond donors (Lipinski definition) is 1. The Hall–Kier alpha value is -1.39. The van der Waals surface area contributed by atoms with E-state index in [9.17, 15) is 8.42 Å². The van der Waals surface area contributed by atoms with Crippen LogP contribution in [0.3, 0.4) is 0 Å². The highest BCUT2D eigenvalue weighted by Gasteiger charge is 2.12. The fourth-order valence-electron chi connectivity index (χ4n) is 2.84. The van der Waals surface area contributed by atoms with E-state index in [-0.39, 0.29) is 0 Å². The van der Waals surface area contributed by atoms with E-state index in [1.165, 1.54) is 37.7 Å². The van der Waals surface area contributed by atoms with Crippen LogP contribution in [0, 0.1) is 6.92 Å². The Bertz CT molecular complexity index is 660. The molecule has 1 aromatic rings. The molecule has 3 nitrogen and oxygen atoms in total. The number of hydrogen-bond acceptors (Lipinski definition) is 2. The van der Waals surface area contributed by atoms with Gasteiger partial charge < -0.3 is 0 Å². The van der Waals surface area contributed by atoms with E-state index in [0.29, 0.717) is 11.4 Å². The molecule has 0 heterocycles. The van der Waals surface area contributed by atoms with Crippen molar-refractivity contribution in [1.29, 1.82) is 0 Å². The molecule has 152 valence electrons. The fourth-order valence-corrected chi connectivity index (χ4v) is 3.92. The number of aryl methyl sites for hydroxylation is 1. The predicted octanol–water partition coefficient (Wildman–Crippen LogP) is 6.31. The molecule has 0 bridgehead atoms. The summed E-state index contributed by atoms with van der Waals surface area (Å²) in [5.74, 6) is 0. The summed E-state index contributed by atoms with van der Waals surface area (Å²) >= 11 is 0. The number of rotatable bonds is 15. The quantitative estimate of drug-likeness (QED) is 0.281. The van der Waals surface area contributed by atoms with Crippen molar-refractivity contribution in [3.8, 4) is 0 Å². The maximum absolute atomic E-state index is 12.2. The zero-order valence-electron chi connectivity index (χ0n) is 17.2. The smallest absolute Gasteiger partial charge is 0.211 e. The molecule has 27 heavy (non-hydrogen) atoms. The minimum Gasteiger partial charge on any atom is -0.211 e. The Kier molecular flexibility index (Phi) is 12.0. The van der Waals surface area contributed by atoms with Crippen LogP contribution in [0.15, 0.2) is 53.5 Å². The molecule has 0 atom stereocenters. The molecule has 0 spiro atoms. The monoisotopic (exact) mass is 391 g/mol. The van der Waals surface area contributed by atoms with Crippen molar-refractivity contribution in [2.24, 2.45) is 0 Å². The summed E-state index contributed by atoms with van der Waals surface area (Å²) in [5, 5.41) is 0. The molecule has 0 amide bonds. The summed E-state index contributed by atoms with van der Waals surface area (Å²) in [6.45, 7) is 8.78. The van der Waals surface area contributed by atoms with Crippen LogP contribution in [0.25, 0.3) is 0 Å². The Balaban J connectivity index is 2.10. The molecule has 0 aliphatic rings. The van der Waals surface area contributed by atoms with Gasteiger partial charge in [0.15, 0.2) is 0 Å². The standard InChI is InChI=1S/C23H37NO2S/c1-4-5-6-7-8-9-10-11-14-21(2)15-12-13-20-24-27(25,26)23-18-16-22(3)17-19-23/h10-11,16-19,24H,2,4-9,12-15,20H2,1,3H3/b11-10+. The maximum atomic E-state index is 12.2. The second-order valence-electron chi connectivity index (χ2n) is 7.30. The lowest BCUT2D eigenvalue weighted by Gasteiger charge is -2.07. The summed E-state index contributed by atoms with van der Waals surface area (Å²) in [6, 6.07) is 6.93. The van der Waals surface area contributed by atoms with Crippen molar-refractivity contribution < 1.29 is 8.42 Å². The van der Waals surface area contributed by atoms with Crippen LogP contribution in [-0.4, -0.2) is 15.0 Å². The van der Waals surface area contributed by atoms with Crippen LogP contribution in [-0.2, 0) is 10.0 Å². The van der Waals surface area contributed by atoms with E-state index in [0.717, 1.165) is 37.7 Å². The van der Waals surface area contributed by atoms with Crippen LogP contribution >= 0.6 is 0 Å². The second kappa shape index (κ2) is 13.7. The lowest BCUT2D eigenvalue weighted by atomic mass is 10.1. The van der Waals surface area contributed by atoms with E-state index >= 15 is 0 Å². The van der Waals surface area contributed by atoms with Crippen molar-refractivity contribution in [3.05, 3.63) is 54.1 Å². The molecule has 0 radical (unpaired) electrons. The van der Waals surface area contributed by atoms with Gasteiger partial charge in [0.25, 0.3) is 0 Å². The molecule has 1 aromatic carbocycles. The highest BCUT2D eigenvalue weighted by atomic mass is 32.2. The molecule has 4 heteroatoms. The average molecular weight is 392 g/mol. The Morgan fingerprint density at radius 1 is 1.00 bits per heavy atom. The SMILES string of the molecule is C=C(C/C=C/CCCCCCC)CCCCNS(=O)(=O)c1ccc(C)cc1. The number of allylic oxidation sites excluding steroid dienone is 3. The minimum absolute atomic E-state index is 0.331. The molecule has 0 unspecified atom stereocenters. The molecule has 1 N–H and O–H groups in total. The summed E-state index contributed by atoms with van der Waals surface area (Å²) in [5.41, 5.74) is 2.27. The average Bonchev–Trinajstić information content (AvgIpc) is 2.64. The van der Waals surface area contributed by atoms with Crippen LogP contribution in [0.4, 0.5) is 0 Å². The summed E-state index contributed by atoms with van der Waals surface area (Å²) < 4.78 is 27.1. The van der Waals surface area contributed by atoms with Crippen LogP contribution in [0.5, 0.6) is 0 Å². The fraction of sp³-hybridized carbons (Fsp3) is 0.565. The summed E-state index contributed by atoms with van der Waals surface area (Å²) in [4.78, 5) is 0.331. The van der Waals surface area contributed by atoms with Gasteiger partial charge in [-0.1, -0.05) is 74.6 Å². The van der Waals surface area contributed by atoms with Crippen molar-refractivity contribution in [2.75, 3.05) is 6.54 Å². The van der Waals surface area contributed by atoms with Gasteiger partial charge in [-0.15, -0.1) is 0 Å². The molecule has 0 aliphatic heterocycles. The van der Waals surface area contributed by atoms with E-state index in [2.05, 4.69) is 30.4 Å². The van der Waals surface area contributed by atoms with E-state index in [4.69, 9.17) is 0 Å². The highest BCUT2D eigenvalue weighted by molar-refractivity contribution is 7.89. The molecule has 0 fully saturated rings. The summed E-state index contributed by atoms with van der Waals surface area (Å²) in [7, 11) is -3.39. The van der Waals surface area contributed by atoms with Crippen LogP contribution in [0.2, 0.25) is 0 Å². The minimum atomic E-state index is -3.39. The Morgan fingerprint density at radius 2 is 1.70 bits per heavy atom. The van der Waals surface area contributed by atoms with Crippen molar-refractivity contribution in [2.45, 2.75) is 83.0 Å². The van der Waals surface area contributed by atoms with Gasteiger partial charge in [0, 0.05) is 6.54 Å². The van der Waals surface area contributed by atoms with Gasteiger partial charge in [-0.25, -0.2) is 13.1 Å². The normalized spacial score (nSPS) is 11.9. The lowest BCUT2D eigenvalue weighted by molar-refractivity contribution is 0.576. The maximum Gasteiger partial charge on any atom is 0.240 e. The van der Waals surface area contributed by atoms with Gasteiger partial charge in [0.1, 0.15) is 0 Å². The zero-order valence-corrected chi connectivity index (χ0v) is 18.0. The number of unbranched alkanes of at least 4 members (excludes halogenated alkanes) is 6. The van der Waals surface area contributed by atoms with E-state index in [1.54, 1.807) is 12.1 Å². The van der Waals surface area contributed by atoms with E-state index < -0.39 is 10.0 Å². The largest absolute Gasteiger partial charge is 0.240 e. The van der Waals surface area contributed by atoms with Gasteiger partial charge in [0.05, 0.1) is 4.90 Å². The van der Waals surface area contributed by atoms with Crippen LogP contribution in [0.1, 0.15) is 76.7 Å². The molecule has 0 aromatic heterocycles. The first-order chi connectivity index (χ1) is 13.0. The Labute approximate surface area is 167 Å². The van der Waals surface area contributed by atoms with Gasteiger partial charge in [0.2, 0.25) is 10.0 Å². The van der Waals surface area contributed by atoms with Crippen molar-refractivity contribution >= 4 is 10.0 Å². The first-order valence-corrected chi connectivity index (χ1v) is 11.8. The lowest BCUT2D eigenvalue weighted by Crippen LogP contribution is -2.24. The third-order valence-electron chi connectivity index (χ3n) is 4.63. The van der Waals surface area contributed by atoms with Crippen LogP contribution < -0.4 is 4.72 Å². The van der Waals surface area contributed by atoms with Gasteiger partial charge in [-0.05, 0) is 57.6 Å². The van der Waals surface area contributed by atoms with Crippen molar-refractivity contribution in [1.82, 2.24) is 4.72 Å². The van der Waals surface area contributed by atoms with Gasteiger partial charge >= 0.3 is 0 Å². The third-order valence-corrected chi connectivity index (χ3v) is 6.10. The topological polar surface area (TPSA) is 46.2 Å². The first kappa shape index (κ1) is 23.6. The van der Waals surface area contributed by atoms with Gasteiger partial charge in [-0.3, -0.25) is 0 Å². The molecule has 0 aliphatic carbocycles. The number of sulfonamides is 1. The Morgan fingerprint density at radius 3 is 2.41 bits per heavy atom. The van der Waals surface area contributed by atoms with E-state index in [1.807, 2.05) is 19.1 Å². The molecule has 0 saturated heterocycles. The third kappa shape index (κ3) is 11.1. The zero-order chi connectivity index (χ0) is 20.0.